The van der Waals surface area contributed by atoms with Gasteiger partial charge in [-0.05, 0) is 46.8 Å². The highest BCUT2D eigenvalue weighted by Crippen LogP contribution is 2.36. The minimum absolute atomic E-state index is 0.588. The summed E-state index contributed by atoms with van der Waals surface area (Å²) in [6.45, 7) is 0.754. The molecule has 0 unspecified atom stereocenters. The Labute approximate surface area is 96.5 Å². The molecule has 0 bridgehead atoms. The molecule has 0 heterocycles. The number of hydrogen-bond acceptors (Lipinski definition) is 2. The van der Waals surface area contributed by atoms with Crippen LogP contribution >= 0.6 is 27.5 Å². The van der Waals surface area contributed by atoms with Crippen molar-refractivity contribution in [3.8, 4) is 5.75 Å². The largest absolute Gasteiger partial charge is 0.490 e. The van der Waals surface area contributed by atoms with E-state index >= 15 is 0 Å². The molecule has 4 heteroatoms. The molecule has 1 aliphatic carbocycles. The standard InChI is InChI=1S/C10H11BrClNO/c11-8-3-7(12)4-9(13)10(8)14-5-6-1-2-6/h3-4,6H,1-2,5,13H2. The highest BCUT2D eigenvalue weighted by atomic mass is 79.9. The van der Waals surface area contributed by atoms with Crippen LogP contribution in [0.25, 0.3) is 0 Å². The first kappa shape index (κ1) is 10.1. The van der Waals surface area contributed by atoms with Gasteiger partial charge < -0.3 is 10.5 Å². The SMILES string of the molecule is Nc1cc(Cl)cc(Br)c1OCC1CC1. The summed E-state index contributed by atoms with van der Waals surface area (Å²) in [4.78, 5) is 0. The highest BCUT2D eigenvalue weighted by Gasteiger charge is 2.22. The van der Waals surface area contributed by atoms with Gasteiger partial charge in [-0.2, -0.15) is 0 Å². The molecule has 1 aromatic carbocycles. The van der Waals surface area contributed by atoms with Gasteiger partial charge in [0.15, 0.2) is 5.75 Å². The molecule has 1 saturated carbocycles. The van der Waals surface area contributed by atoms with Crippen molar-refractivity contribution in [2.24, 2.45) is 5.92 Å². The summed E-state index contributed by atoms with van der Waals surface area (Å²) >= 11 is 9.21. The van der Waals surface area contributed by atoms with Crippen LogP contribution in [-0.2, 0) is 0 Å². The molecular formula is C10H11BrClNO. The maximum atomic E-state index is 5.83. The first-order valence-electron chi connectivity index (χ1n) is 4.54. The zero-order chi connectivity index (χ0) is 10.1. The first-order chi connectivity index (χ1) is 6.66. The van der Waals surface area contributed by atoms with Gasteiger partial charge >= 0.3 is 0 Å². The molecule has 1 aliphatic rings. The summed E-state index contributed by atoms with van der Waals surface area (Å²) in [7, 11) is 0. The molecule has 2 nitrogen and oxygen atoms in total. The van der Waals surface area contributed by atoms with Gasteiger partial charge in [-0.15, -0.1) is 0 Å². The van der Waals surface area contributed by atoms with Gasteiger partial charge in [0, 0.05) is 5.02 Å². The Morgan fingerprint density at radius 1 is 1.50 bits per heavy atom. The summed E-state index contributed by atoms with van der Waals surface area (Å²) < 4.78 is 6.44. The zero-order valence-electron chi connectivity index (χ0n) is 7.59. The molecule has 14 heavy (non-hydrogen) atoms. The van der Waals surface area contributed by atoms with E-state index in [4.69, 9.17) is 22.1 Å². The van der Waals surface area contributed by atoms with Crippen molar-refractivity contribution in [2.75, 3.05) is 12.3 Å². The number of halogens is 2. The molecule has 0 spiro atoms. The van der Waals surface area contributed by atoms with Crippen molar-refractivity contribution in [1.29, 1.82) is 0 Å². The molecule has 0 saturated heterocycles. The maximum Gasteiger partial charge on any atom is 0.156 e. The van der Waals surface area contributed by atoms with Crippen molar-refractivity contribution in [3.63, 3.8) is 0 Å². The van der Waals surface area contributed by atoms with E-state index < -0.39 is 0 Å². The van der Waals surface area contributed by atoms with Crippen LogP contribution in [0, 0.1) is 5.92 Å². The summed E-state index contributed by atoms with van der Waals surface area (Å²) in [5.41, 5.74) is 6.38. The number of nitrogens with two attached hydrogens (primary N) is 1. The lowest BCUT2D eigenvalue weighted by Crippen LogP contribution is -2.02. The van der Waals surface area contributed by atoms with Gasteiger partial charge in [-0.25, -0.2) is 0 Å². The van der Waals surface area contributed by atoms with Crippen LogP contribution in [0.4, 0.5) is 5.69 Å². The van der Waals surface area contributed by atoms with E-state index in [1.807, 2.05) is 0 Å². The Hall–Kier alpha value is -0.410. The average Bonchev–Trinajstić information content (AvgIpc) is 2.85. The monoisotopic (exact) mass is 275 g/mol. The van der Waals surface area contributed by atoms with Gasteiger partial charge in [0.25, 0.3) is 0 Å². The Morgan fingerprint density at radius 3 is 2.79 bits per heavy atom. The van der Waals surface area contributed by atoms with E-state index in [-0.39, 0.29) is 0 Å². The predicted octanol–water partition coefficient (Wildman–Crippen LogP) is 3.47. The highest BCUT2D eigenvalue weighted by molar-refractivity contribution is 9.10. The number of ether oxygens (including phenoxy) is 1. The molecule has 2 rings (SSSR count). The summed E-state index contributed by atoms with van der Waals surface area (Å²) in [6.07, 6.45) is 2.54. The van der Waals surface area contributed by atoms with Crippen LogP contribution in [0.2, 0.25) is 5.02 Å². The number of anilines is 1. The summed E-state index contributed by atoms with van der Waals surface area (Å²) in [6, 6.07) is 3.49. The minimum Gasteiger partial charge on any atom is -0.490 e. The van der Waals surface area contributed by atoms with Crippen molar-refractivity contribution >= 4 is 33.2 Å². The van der Waals surface area contributed by atoms with Crippen LogP contribution < -0.4 is 10.5 Å². The Balaban J connectivity index is 2.13. The molecule has 1 fully saturated rings. The Bertz CT molecular complexity index is 329. The van der Waals surface area contributed by atoms with Crippen molar-refractivity contribution in [1.82, 2.24) is 0 Å². The first-order valence-corrected chi connectivity index (χ1v) is 5.71. The van der Waals surface area contributed by atoms with Gasteiger partial charge in [0.05, 0.1) is 16.8 Å². The molecule has 1 aromatic rings. The summed E-state index contributed by atoms with van der Waals surface area (Å²) in [5, 5.41) is 0.619. The van der Waals surface area contributed by atoms with Crippen molar-refractivity contribution in [3.05, 3.63) is 21.6 Å². The molecule has 0 amide bonds. The molecule has 0 atom stereocenters. The fraction of sp³-hybridized carbons (Fsp3) is 0.400. The van der Waals surface area contributed by atoms with Gasteiger partial charge in [0.1, 0.15) is 0 Å². The van der Waals surface area contributed by atoms with E-state index in [0.717, 1.165) is 17.0 Å². The molecule has 0 aromatic heterocycles. The van der Waals surface area contributed by atoms with Crippen molar-refractivity contribution < 1.29 is 4.74 Å². The topological polar surface area (TPSA) is 35.2 Å². The van der Waals surface area contributed by atoms with Gasteiger partial charge in [-0.1, -0.05) is 11.6 Å². The van der Waals surface area contributed by atoms with Gasteiger partial charge in [0.2, 0.25) is 0 Å². The molecule has 0 aliphatic heterocycles. The second-order valence-electron chi connectivity index (χ2n) is 3.56. The Kier molecular flexibility index (Phi) is 2.88. The van der Waals surface area contributed by atoms with Crippen LogP contribution in [-0.4, -0.2) is 6.61 Å². The second-order valence-corrected chi connectivity index (χ2v) is 4.85. The quantitative estimate of drug-likeness (QED) is 0.858. The maximum absolute atomic E-state index is 5.83. The normalized spacial score (nSPS) is 15.6. The smallest absolute Gasteiger partial charge is 0.156 e. The van der Waals surface area contributed by atoms with E-state index in [1.54, 1.807) is 12.1 Å². The van der Waals surface area contributed by atoms with E-state index in [2.05, 4.69) is 15.9 Å². The second kappa shape index (κ2) is 3.99. The molecule has 0 radical (unpaired) electrons. The number of rotatable bonds is 3. The average molecular weight is 277 g/mol. The minimum atomic E-state index is 0.588. The van der Waals surface area contributed by atoms with Crippen LogP contribution in [0.3, 0.4) is 0 Å². The lowest BCUT2D eigenvalue weighted by atomic mass is 10.3. The fourth-order valence-electron chi connectivity index (χ4n) is 1.22. The lowest BCUT2D eigenvalue weighted by Gasteiger charge is -2.10. The van der Waals surface area contributed by atoms with E-state index in [0.29, 0.717) is 16.5 Å². The van der Waals surface area contributed by atoms with Crippen LogP contribution in [0.5, 0.6) is 5.75 Å². The fourth-order valence-corrected chi connectivity index (χ4v) is 2.17. The van der Waals surface area contributed by atoms with Crippen molar-refractivity contribution in [2.45, 2.75) is 12.8 Å². The molecular weight excluding hydrogens is 265 g/mol. The van der Waals surface area contributed by atoms with Gasteiger partial charge in [-0.3, -0.25) is 0 Å². The van der Waals surface area contributed by atoms with Crippen LogP contribution in [0.15, 0.2) is 16.6 Å². The number of benzene rings is 1. The number of hydrogen-bond donors (Lipinski definition) is 1. The van der Waals surface area contributed by atoms with E-state index in [1.165, 1.54) is 12.8 Å². The lowest BCUT2D eigenvalue weighted by molar-refractivity contribution is 0.299. The molecule has 2 N–H and O–H groups in total. The predicted molar refractivity (Wildman–Crippen MR) is 61.8 cm³/mol. The Morgan fingerprint density at radius 2 is 2.21 bits per heavy atom. The van der Waals surface area contributed by atoms with E-state index in [9.17, 15) is 0 Å². The third kappa shape index (κ3) is 2.34. The molecule has 76 valence electrons. The summed E-state index contributed by atoms with van der Waals surface area (Å²) in [5.74, 6) is 1.43. The number of nitrogen functional groups attached to an aromatic ring is 1. The zero-order valence-corrected chi connectivity index (χ0v) is 9.94. The third-order valence-corrected chi connectivity index (χ3v) is 3.00. The third-order valence-electron chi connectivity index (χ3n) is 2.20. The van der Waals surface area contributed by atoms with Crippen LogP contribution in [0.1, 0.15) is 12.8 Å².